The van der Waals surface area contributed by atoms with E-state index in [-0.39, 0.29) is 11.8 Å². The molecule has 0 aliphatic carbocycles. The van der Waals surface area contributed by atoms with Crippen LogP contribution >= 0.6 is 11.6 Å². The molecule has 1 aromatic carbocycles. The van der Waals surface area contributed by atoms with E-state index in [0.29, 0.717) is 17.6 Å². The molecule has 2 aromatic rings. The van der Waals surface area contributed by atoms with Gasteiger partial charge in [-0.05, 0) is 51.7 Å². The molecule has 3 rings (SSSR count). The number of H-pyrrole nitrogens is 1. The van der Waals surface area contributed by atoms with Crippen LogP contribution in [-0.2, 0) is 11.3 Å². The van der Waals surface area contributed by atoms with Gasteiger partial charge < -0.3 is 15.1 Å². The van der Waals surface area contributed by atoms with Crippen molar-refractivity contribution in [1.29, 1.82) is 0 Å². The van der Waals surface area contributed by atoms with Gasteiger partial charge in [-0.1, -0.05) is 23.7 Å². The first-order valence-electron chi connectivity index (χ1n) is 9.35. The summed E-state index contributed by atoms with van der Waals surface area (Å²) in [5, 5.41) is 11.0. The second-order valence-corrected chi connectivity index (χ2v) is 8.04. The van der Waals surface area contributed by atoms with Gasteiger partial charge in [0.2, 0.25) is 5.91 Å². The van der Waals surface area contributed by atoms with Crippen LogP contribution in [0.2, 0.25) is 5.02 Å². The molecule has 7 heteroatoms. The summed E-state index contributed by atoms with van der Waals surface area (Å²) in [6.07, 6.45) is 3.72. The predicted octanol–water partition coefficient (Wildman–Crippen LogP) is 2.62. The van der Waals surface area contributed by atoms with E-state index >= 15 is 0 Å². The van der Waals surface area contributed by atoms with Crippen molar-refractivity contribution in [3.05, 3.63) is 41.0 Å². The molecule has 2 heterocycles. The van der Waals surface area contributed by atoms with Gasteiger partial charge in [0.15, 0.2) is 0 Å². The molecule has 1 fully saturated rings. The summed E-state index contributed by atoms with van der Waals surface area (Å²) in [7, 11) is 6.31. The number of likely N-dealkylation sites (N-methyl/N-ethyl adjacent to an activating group) is 2. The highest BCUT2D eigenvalue weighted by molar-refractivity contribution is 6.30. The minimum Gasteiger partial charge on any atom is -0.352 e. The molecule has 0 saturated carbocycles. The fourth-order valence-electron chi connectivity index (χ4n) is 3.66. The summed E-state index contributed by atoms with van der Waals surface area (Å²) in [5.74, 6) is 0.135. The topological polar surface area (TPSA) is 64.3 Å². The zero-order valence-corrected chi connectivity index (χ0v) is 17.0. The number of carbonyl (C=O) groups is 1. The molecule has 27 heavy (non-hydrogen) atoms. The first kappa shape index (κ1) is 19.9. The molecule has 6 nitrogen and oxygen atoms in total. The Morgan fingerprint density at radius 3 is 2.74 bits per heavy atom. The minimum atomic E-state index is 0.0193. The molecule has 0 spiro atoms. The van der Waals surface area contributed by atoms with Gasteiger partial charge in [-0.25, -0.2) is 0 Å². The highest BCUT2D eigenvalue weighted by Crippen LogP contribution is 2.23. The largest absolute Gasteiger partial charge is 0.352 e. The summed E-state index contributed by atoms with van der Waals surface area (Å²) < 4.78 is 0. The summed E-state index contributed by atoms with van der Waals surface area (Å²) in [4.78, 5) is 17.3. The maximum absolute atomic E-state index is 12.8. The van der Waals surface area contributed by atoms with Crippen molar-refractivity contribution < 1.29 is 4.79 Å². The van der Waals surface area contributed by atoms with Crippen LogP contribution in [0.4, 0.5) is 0 Å². The first-order chi connectivity index (χ1) is 12.9. The third kappa shape index (κ3) is 5.09. The Hall–Kier alpha value is -1.89. The third-order valence-corrected chi connectivity index (χ3v) is 5.56. The Balaban J connectivity index is 1.61. The Morgan fingerprint density at radius 1 is 1.30 bits per heavy atom. The quantitative estimate of drug-likeness (QED) is 0.825. The van der Waals surface area contributed by atoms with Crippen LogP contribution in [0, 0.1) is 5.92 Å². The lowest BCUT2D eigenvalue weighted by Gasteiger charge is -2.25. The summed E-state index contributed by atoms with van der Waals surface area (Å²) in [6, 6.07) is 8.09. The number of aromatic nitrogens is 2. The molecule has 1 aromatic heterocycles. The Kier molecular flexibility index (Phi) is 6.52. The molecular formula is C20H28ClN5O. The SMILES string of the molecule is CN1C[C@H](C(=O)NCc2cn[nH]c2-c2ccc(Cl)cc2)CC[C@H](N(C)C)C1. The van der Waals surface area contributed by atoms with Gasteiger partial charge in [-0.15, -0.1) is 0 Å². The number of nitrogens with zero attached hydrogens (tertiary/aromatic N) is 3. The van der Waals surface area contributed by atoms with Gasteiger partial charge in [-0.2, -0.15) is 5.10 Å². The van der Waals surface area contributed by atoms with Crippen LogP contribution in [-0.4, -0.2) is 66.2 Å². The van der Waals surface area contributed by atoms with E-state index in [4.69, 9.17) is 11.6 Å². The lowest BCUT2D eigenvalue weighted by atomic mass is 10.0. The van der Waals surface area contributed by atoms with Crippen LogP contribution in [0.15, 0.2) is 30.5 Å². The predicted molar refractivity (Wildman–Crippen MR) is 109 cm³/mol. The molecule has 1 saturated heterocycles. The first-order valence-corrected chi connectivity index (χ1v) is 9.72. The van der Waals surface area contributed by atoms with Crippen molar-refractivity contribution in [1.82, 2.24) is 25.3 Å². The second-order valence-electron chi connectivity index (χ2n) is 7.61. The summed E-state index contributed by atoms with van der Waals surface area (Å²) in [5.41, 5.74) is 2.89. The second kappa shape index (κ2) is 8.87. The number of rotatable bonds is 5. The Bertz CT molecular complexity index is 758. The Labute approximate surface area is 165 Å². The van der Waals surface area contributed by atoms with Gasteiger partial charge in [0.05, 0.1) is 17.8 Å². The van der Waals surface area contributed by atoms with Crippen molar-refractivity contribution >= 4 is 17.5 Å². The standard InChI is InChI=1S/C20H28ClN5O/c1-25(2)18-9-6-15(12-26(3)13-18)20(27)22-10-16-11-23-24-19(16)14-4-7-17(21)8-5-14/h4-5,7-8,11,15,18H,6,9-10,12-13H2,1-3H3,(H,22,27)(H,23,24)/t15-,18+/m1/s1. The molecule has 2 N–H and O–H groups in total. The van der Waals surface area contributed by atoms with Crippen LogP contribution in [0.3, 0.4) is 0 Å². The summed E-state index contributed by atoms with van der Waals surface area (Å²) >= 11 is 5.97. The molecular weight excluding hydrogens is 362 g/mol. The molecule has 0 unspecified atom stereocenters. The Morgan fingerprint density at radius 2 is 2.04 bits per heavy atom. The van der Waals surface area contributed by atoms with Gasteiger partial charge in [-0.3, -0.25) is 9.89 Å². The fraction of sp³-hybridized carbons (Fsp3) is 0.500. The van der Waals surface area contributed by atoms with E-state index in [9.17, 15) is 4.79 Å². The molecule has 1 amide bonds. The number of hydrogen-bond acceptors (Lipinski definition) is 4. The zero-order valence-electron chi connectivity index (χ0n) is 16.2. The molecule has 2 atom stereocenters. The molecule has 1 aliphatic rings. The van der Waals surface area contributed by atoms with Crippen LogP contribution in [0.5, 0.6) is 0 Å². The normalized spacial score (nSPS) is 21.2. The molecule has 0 radical (unpaired) electrons. The van der Waals surface area contributed by atoms with Crippen LogP contribution < -0.4 is 5.32 Å². The molecule has 1 aliphatic heterocycles. The zero-order chi connectivity index (χ0) is 19.4. The van der Waals surface area contributed by atoms with E-state index in [0.717, 1.165) is 42.8 Å². The minimum absolute atomic E-state index is 0.0193. The number of hydrogen-bond donors (Lipinski definition) is 2. The average Bonchev–Trinajstić information content (AvgIpc) is 3.01. The van der Waals surface area contributed by atoms with Crippen molar-refractivity contribution in [2.45, 2.75) is 25.4 Å². The number of carbonyl (C=O) groups excluding carboxylic acids is 1. The van der Waals surface area contributed by atoms with E-state index in [1.54, 1.807) is 6.20 Å². The van der Waals surface area contributed by atoms with Crippen molar-refractivity contribution in [2.24, 2.45) is 5.92 Å². The van der Waals surface area contributed by atoms with Gasteiger partial charge >= 0.3 is 0 Å². The van der Waals surface area contributed by atoms with Crippen molar-refractivity contribution in [2.75, 3.05) is 34.2 Å². The smallest absolute Gasteiger partial charge is 0.224 e. The van der Waals surface area contributed by atoms with Crippen LogP contribution in [0.25, 0.3) is 11.3 Å². The molecule has 146 valence electrons. The van der Waals surface area contributed by atoms with Crippen molar-refractivity contribution in [3.8, 4) is 11.3 Å². The van der Waals surface area contributed by atoms with E-state index in [2.05, 4.69) is 46.5 Å². The fourth-order valence-corrected chi connectivity index (χ4v) is 3.79. The third-order valence-electron chi connectivity index (χ3n) is 5.31. The van der Waals surface area contributed by atoms with E-state index in [1.165, 1.54) is 0 Å². The van der Waals surface area contributed by atoms with Gasteiger partial charge in [0.25, 0.3) is 0 Å². The number of halogens is 1. The van der Waals surface area contributed by atoms with E-state index in [1.807, 2.05) is 24.3 Å². The number of benzene rings is 1. The van der Waals surface area contributed by atoms with E-state index < -0.39 is 0 Å². The maximum atomic E-state index is 12.8. The lowest BCUT2D eigenvalue weighted by Crippen LogP contribution is -2.39. The maximum Gasteiger partial charge on any atom is 0.224 e. The number of amides is 1. The van der Waals surface area contributed by atoms with Crippen molar-refractivity contribution in [3.63, 3.8) is 0 Å². The molecule has 0 bridgehead atoms. The number of nitrogens with one attached hydrogen (secondary N) is 2. The van der Waals surface area contributed by atoms with Crippen LogP contribution in [0.1, 0.15) is 18.4 Å². The lowest BCUT2D eigenvalue weighted by molar-refractivity contribution is -0.125. The van der Waals surface area contributed by atoms with Gasteiger partial charge in [0.1, 0.15) is 0 Å². The monoisotopic (exact) mass is 389 g/mol. The summed E-state index contributed by atoms with van der Waals surface area (Å²) in [6.45, 7) is 2.26. The highest BCUT2D eigenvalue weighted by Gasteiger charge is 2.27. The number of likely N-dealkylation sites (tertiary alicyclic amines) is 1. The number of aromatic amines is 1. The average molecular weight is 390 g/mol. The van der Waals surface area contributed by atoms with Gasteiger partial charge in [0, 0.05) is 36.3 Å². The highest BCUT2D eigenvalue weighted by atomic mass is 35.5.